The zero-order chi connectivity index (χ0) is 16.6. The molecule has 23 heavy (non-hydrogen) atoms. The lowest BCUT2D eigenvalue weighted by atomic mass is 10.2. The van der Waals surface area contributed by atoms with Gasteiger partial charge in [0.05, 0.1) is 25.8 Å². The number of nitrogens with two attached hydrogens (primary N) is 1. The van der Waals surface area contributed by atoms with Crippen LogP contribution in [0.25, 0.3) is 10.9 Å². The molecule has 2 aromatic rings. The minimum absolute atomic E-state index is 0.0930. The van der Waals surface area contributed by atoms with Gasteiger partial charge in [-0.3, -0.25) is 4.79 Å². The van der Waals surface area contributed by atoms with Gasteiger partial charge in [0.1, 0.15) is 16.3 Å². The Balaban J connectivity index is 2.22. The molecule has 0 saturated carbocycles. The maximum Gasteiger partial charge on any atom is 0.266 e. The average Bonchev–Trinajstić information content (AvgIpc) is 2.95. The Hall–Kier alpha value is -2.10. The summed E-state index contributed by atoms with van der Waals surface area (Å²) in [5.41, 5.74) is 5.72. The molecule has 1 aliphatic rings. The number of hydrogen-bond donors (Lipinski definition) is 2. The molecule has 1 aromatic carbocycles. The fraction of sp³-hybridized carbons (Fsp3) is 0.357. The van der Waals surface area contributed by atoms with Gasteiger partial charge in [-0.15, -0.1) is 0 Å². The van der Waals surface area contributed by atoms with Gasteiger partial charge in [-0.1, -0.05) is 0 Å². The van der Waals surface area contributed by atoms with E-state index in [9.17, 15) is 13.2 Å². The van der Waals surface area contributed by atoms with Crippen molar-refractivity contribution in [1.82, 2.24) is 9.29 Å². The second-order valence-corrected chi connectivity index (χ2v) is 7.00. The van der Waals surface area contributed by atoms with E-state index in [1.165, 1.54) is 11.4 Å². The number of morpholine rings is 1. The van der Waals surface area contributed by atoms with Crippen LogP contribution >= 0.6 is 0 Å². The first-order valence-corrected chi connectivity index (χ1v) is 8.46. The van der Waals surface area contributed by atoms with E-state index in [2.05, 4.69) is 4.98 Å². The zero-order valence-electron chi connectivity index (χ0n) is 12.5. The monoisotopic (exact) mass is 339 g/mol. The van der Waals surface area contributed by atoms with Crippen LogP contribution < -0.4 is 10.5 Å². The highest BCUT2D eigenvalue weighted by Crippen LogP contribution is 2.32. The summed E-state index contributed by atoms with van der Waals surface area (Å²) in [4.78, 5) is 14.4. The Labute approximate surface area is 133 Å². The fourth-order valence-electron chi connectivity index (χ4n) is 2.64. The SMILES string of the molecule is COc1ccc2c(S(=O)(=O)N3CCOCC3)c(C(N)=O)[nH]c2c1. The molecule has 9 heteroatoms. The Bertz CT molecular complexity index is 853. The molecule has 1 amide bonds. The zero-order valence-corrected chi connectivity index (χ0v) is 13.4. The van der Waals surface area contributed by atoms with Crippen molar-refractivity contribution in [2.75, 3.05) is 33.4 Å². The summed E-state index contributed by atoms with van der Waals surface area (Å²) in [6.07, 6.45) is 0. The predicted molar refractivity (Wildman–Crippen MR) is 82.9 cm³/mol. The van der Waals surface area contributed by atoms with Gasteiger partial charge < -0.3 is 20.2 Å². The second-order valence-electron chi connectivity index (χ2n) is 5.12. The van der Waals surface area contributed by atoms with Gasteiger partial charge >= 0.3 is 0 Å². The number of methoxy groups -OCH3 is 1. The normalized spacial score (nSPS) is 16.6. The smallest absolute Gasteiger partial charge is 0.266 e. The first kappa shape index (κ1) is 15.8. The topological polar surface area (TPSA) is 115 Å². The number of sulfonamides is 1. The standard InChI is InChI=1S/C14H17N3O5S/c1-21-9-2-3-10-11(8-9)16-12(14(15)18)13(10)23(19,20)17-4-6-22-7-5-17/h2-3,8,16H,4-7H2,1H3,(H2,15,18). The second kappa shape index (κ2) is 5.84. The number of ether oxygens (including phenoxy) is 2. The van der Waals surface area contributed by atoms with Crippen molar-refractivity contribution in [3.05, 3.63) is 23.9 Å². The number of hydrogen-bond acceptors (Lipinski definition) is 5. The summed E-state index contributed by atoms with van der Waals surface area (Å²) in [6.45, 7) is 1.12. The first-order valence-electron chi connectivity index (χ1n) is 7.02. The molecule has 8 nitrogen and oxygen atoms in total. The molecule has 1 fully saturated rings. The lowest BCUT2D eigenvalue weighted by Gasteiger charge is -2.26. The highest BCUT2D eigenvalue weighted by Gasteiger charge is 2.33. The summed E-state index contributed by atoms with van der Waals surface area (Å²) < 4.78 is 37.5. The Morgan fingerprint density at radius 3 is 2.65 bits per heavy atom. The predicted octanol–water partition coefficient (Wildman–Crippen LogP) is 0.296. The van der Waals surface area contributed by atoms with Crippen LogP contribution in [0.15, 0.2) is 23.1 Å². The molecule has 0 radical (unpaired) electrons. The number of primary amides is 1. The molecular weight excluding hydrogens is 322 g/mol. The lowest BCUT2D eigenvalue weighted by molar-refractivity contribution is 0.0730. The van der Waals surface area contributed by atoms with Gasteiger partial charge in [-0.25, -0.2) is 8.42 Å². The number of rotatable bonds is 4. The Morgan fingerprint density at radius 2 is 2.04 bits per heavy atom. The van der Waals surface area contributed by atoms with Crippen LogP contribution in [0.5, 0.6) is 5.75 Å². The first-order chi connectivity index (χ1) is 10.9. The van der Waals surface area contributed by atoms with Gasteiger partial charge in [0.15, 0.2) is 0 Å². The molecule has 3 N–H and O–H groups in total. The van der Waals surface area contributed by atoms with E-state index < -0.39 is 15.9 Å². The molecular formula is C14H17N3O5S. The third-order valence-electron chi connectivity index (χ3n) is 3.77. The number of H-pyrrole nitrogens is 1. The number of nitrogens with one attached hydrogen (secondary N) is 1. The number of carbonyl (C=O) groups is 1. The Kier molecular flexibility index (Phi) is 4.00. The fourth-order valence-corrected chi connectivity index (χ4v) is 4.39. The third kappa shape index (κ3) is 2.67. The van der Waals surface area contributed by atoms with Crippen molar-refractivity contribution in [1.29, 1.82) is 0 Å². The highest BCUT2D eigenvalue weighted by atomic mass is 32.2. The van der Waals surface area contributed by atoms with Crippen molar-refractivity contribution >= 4 is 26.8 Å². The lowest BCUT2D eigenvalue weighted by Crippen LogP contribution is -2.41. The number of aromatic nitrogens is 1. The molecule has 0 unspecified atom stereocenters. The number of nitrogens with zero attached hydrogens (tertiary/aromatic N) is 1. The van der Waals surface area contributed by atoms with E-state index in [1.807, 2.05) is 0 Å². The Morgan fingerprint density at radius 1 is 1.35 bits per heavy atom. The minimum atomic E-state index is -3.86. The van der Waals surface area contributed by atoms with Gasteiger partial charge in [-0.2, -0.15) is 4.31 Å². The third-order valence-corrected chi connectivity index (χ3v) is 5.76. The van der Waals surface area contributed by atoms with Gasteiger partial charge in [-0.05, 0) is 12.1 Å². The highest BCUT2D eigenvalue weighted by molar-refractivity contribution is 7.89. The van der Waals surface area contributed by atoms with Crippen molar-refractivity contribution in [2.24, 2.45) is 5.73 Å². The van der Waals surface area contributed by atoms with Crippen LogP contribution in [0.3, 0.4) is 0 Å². The molecule has 0 aliphatic carbocycles. The van der Waals surface area contributed by atoms with Crippen molar-refractivity contribution in [2.45, 2.75) is 4.90 Å². The van der Waals surface area contributed by atoms with Crippen molar-refractivity contribution < 1.29 is 22.7 Å². The molecule has 2 heterocycles. The molecule has 1 aliphatic heterocycles. The van der Waals surface area contributed by atoms with Crippen LogP contribution in [0.2, 0.25) is 0 Å². The number of amides is 1. The molecule has 1 aromatic heterocycles. The average molecular weight is 339 g/mol. The summed E-state index contributed by atoms with van der Waals surface area (Å²) in [5, 5.41) is 0.408. The molecule has 3 rings (SSSR count). The molecule has 0 atom stereocenters. The molecule has 124 valence electrons. The number of carbonyl (C=O) groups excluding carboxylic acids is 1. The van der Waals surface area contributed by atoms with Crippen LogP contribution in [0, 0.1) is 0 Å². The summed E-state index contributed by atoms with van der Waals surface area (Å²) in [7, 11) is -2.36. The van der Waals surface area contributed by atoms with E-state index in [4.69, 9.17) is 15.2 Å². The van der Waals surface area contributed by atoms with Crippen molar-refractivity contribution in [3.8, 4) is 5.75 Å². The maximum absolute atomic E-state index is 13.0. The largest absolute Gasteiger partial charge is 0.497 e. The van der Waals surface area contributed by atoms with Gasteiger partial charge in [0.25, 0.3) is 5.91 Å². The summed E-state index contributed by atoms with van der Waals surface area (Å²) in [6, 6.07) is 4.86. The van der Waals surface area contributed by atoms with E-state index in [1.54, 1.807) is 18.2 Å². The van der Waals surface area contributed by atoms with E-state index >= 15 is 0 Å². The quantitative estimate of drug-likeness (QED) is 0.831. The van der Waals surface area contributed by atoms with Gasteiger partial charge in [0, 0.05) is 24.5 Å². The number of aromatic amines is 1. The van der Waals surface area contributed by atoms with Gasteiger partial charge in [0.2, 0.25) is 10.0 Å². The van der Waals surface area contributed by atoms with Crippen LogP contribution in [0.4, 0.5) is 0 Å². The maximum atomic E-state index is 13.0. The summed E-state index contributed by atoms with van der Waals surface area (Å²) in [5.74, 6) is -0.280. The minimum Gasteiger partial charge on any atom is -0.497 e. The molecule has 1 saturated heterocycles. The van der Waals surface area contributed by atoms with E-state index in [-0.39, 0.29) is 23.7 Å². The molecule has 0 bridgehead atoms. The van der Waals surface area contributed by atoms with Crippen molar-refractivity contribution in [3.63, 3.8) is 0 Å². The van der Waals surface area contributed by atoms with Crippen LogP contribution in [0.1, 0.15) is 10.5 Å². The van der Waals surface area contributed by atoms with Crippen LogP contribution in [-0.4, -0.2) is 57.0 Å². The van der Waals surface area contributed by atoms with Crippen LogP contribution in [-0.2, 0) is 14.8 Å². The molecule has 0 spiro atoms. The number of fused-ring (bicyclic) bond motifs is 1. The van der Waals surface area contributed by atoms with E-state index in [0.29, 0.717) is 29.9 Å². The summed E-state index contributed by atoms with van der Waals surface area (Å²) >= 11 is 0. The van der Waals surface area contributed by atoms with E-state index in [0.717, 1.165) is 0 Å². The number of benzene rings is 1.